The predicted molar refractivity (Wildman–Crippen MR) is 102 cm³/mol. The molecule has 0 aliphatic rings. The van der Waals surface area contributed by atoms with E-state index in [1.807, 2.05) is 41.1 Å². The van der Waals surface area contributed by atoms with Crippen LogP contribution < -0.4 is 11.0 Å². The van der Waals surface area contributed by atoms with E-state index in [9.17, 15) is 14.4 Å². The molecule has 0 bridgehead atoms. The molecule has 0 saturated heterocycles. The zero-order chi connectivity index (χ0) is 18.5. The summed E-state index contributed by atoms with van der Waals surface area (Å²) in [4.78, 5) is 25.0. The molecule has 3 heterocycles. The van der Waals surface area contributed by atoms with E-state index in [0.29, 0.717) is 17.0 Å². The molecule has 134 valence electrons. The average Bonchev–Trinajstić information content (AvgIpc) is 3.32. The molecule has 0 saturated carbocycles. The number of para-hydroxylation sites is 1. The molecule has 0 radical (unpaired) electrons. The fourth-order valence-electron chi connectivity index (χ4n) is 3.05. The van der Waals surface area contributed by atoms with Gasteiger partial charge in [-0.2, -0.15) is 0 Å². The molecule has 0 fully saturated rings. The Labute approximate surface area is 152 Å². The highest BCUT2D eigenvalue weighted by Crippen LogP contribution is 2.41. The minimum Gasteiger partial charge on any atom is -0.460 e. The molecule has 7 nitrogen and oxygen atoms in total. The summed E-state index contributed by atoms with van der Waals surface area (Å²) in [5.74, 6) is 0.388. The van der Waals surface area contributed by atoms with Crippen LogP contribution >= 0.6 is 18.9 Å². The van der Waals surface area contributed by atoms with E-state index in [2.05, 4.69) is 4.98 Å². The van der Waals surface area contributed by atoms with Crippen LogP contribution in [0, 0.1) is 0 Å². The number of anilines is 1. The molecule has 4 rings (SSSR count). The smallest absolute Gasteiger partial charge is 0.360 e. The van der Waals surface area contributed by atoms with Crippen molar-refractivity contribution in [2.75, 3.05) is 5.73 Å². The molecule has 0 amide bonds. The second-order valence-electron chi connectivity index (χ2n) is 5.89. The number of imidazole rings is 1. The number of furan rings is 1. The summed E-state index contributed by atoms with van der Waals surface area (Å²) in [7, 11) is -4.51. The van der Waals surface area contributed by atoms with Gasteiger partial charge in [-0.05, 0) is 36.6 Å². The van der Waals surface area contributed by atoms with Gasteiger partial charge in [-0.15, -0.1) is 11.3 Å². The van der Waals surface area contributed by atoms with Crippen molar-refractivity contribution in [3.8, 4) is 11.6 Å². The van der Waals surface area contributed by atoms with Crippen molar-refractivity contribution >= 4 is 41.0 Å². The number of thiophene rings is 1. The Hall–Kier alpha value is -2.38. The van der Waals surface area contributed by atoms with Gasteiger partial charge in [-0.1, -0.05) is 12.1 Å². The van der Waals surface area contributed by atoms with Gasteiger partial charge in [0.25, 0.3) is 0 Å². The Balaban J connectivity index is 2.04. The molecule has 9 heteroatoms. The second-order valence-corrected chi connectivity index (χ2v) is 8.44. The number of benzene rings is 1. The van der Waals surface area contributed by atoms with Gasteiger partial charge in [0, 0.05) is 4.88 Å². The minimum absolute atomic E-state index is 0.0531. The van der Waals surface area contributed by atoms with E-state index in [-0.39, 0.29) is 17.1 Å². The molecular weight excluding hydrogens is 373 g/mol. The summed E-state index contributed by atoms with van der Waals surface area (Å²) in [6.07, 6.45) is 1.26. The van der Waals surface area contributed by atoms with Crippen LogP contribution in [0.2, 0.25) is 0 Å². The minimum atomic E-state index is -4.51. The molecule has 1 atom stereocenters. The summed E-state index contributed by atoms with van der Waals surface area (Å²) in [5, 5.41) is 1.79. The van der Waals surface area contributed by atoms with Crippen molar-refractivity contribution in [2.45, 2.75) is 13.0 Å². The number of hydrogen-bond donors (Lipinski definition) is 3. The van der Waals surface area contributed by atoms with Gasteiger partial charge in [0.2, 0.25) is 0 Å². The van der Waals surface area contributed by atoms with Crippen molar-refractivity contribution in [1.29, 1.82) is 0 Å². The Kier molecular flexibility index (Phi) is 4.00. The average molecular weight is 389 g/mol. The first-order valence-electron chi connectivity index (χ1n) is 7.81. The summed E-state index contributed by atoms with van der Waals surface area (Å²) in [5.41, 5.74) is 7.91. The number of nitrogens with zero attached hydrogens (tertiary/aromatic N) is 2. The highest BCUT2D eigenvalue weighted by atomic mass is 32.1. The zero-order valence-corrected chi connectivity index (χ0v) is 15.4. The third kappa shape index (κ3) is 2.68. The molecular formula is C17H16N3O4PS. The predicted octanol–water partition coefficient (Wildman–Crippen LogP) is 3.35. The monoisotopic (exact) mass is 389 g/mol. The molecule has 0 aliphatic heterocycles. The Morgan fingerprint density at radius 3 is 2.77 bits per heavy atom. The molecule has 1 aromatic carbocycles. The van der Waals surface area contributed by atoms with Crippen molar-refractivity contribution in [3.63, 3.8) is 0 Å². The Bertz CT molecular complexity index is 1130. The van der Waals surface area contributed by atoms with Crippen molar-refractivity contribution in [1.82, 2.24) is 9.55 Å². The fourth-order valence-corrected chi connectivity index (χ4v) is 4.49. The number of fused-ring (bicyclic) bond motifs is 1. The van der Waals surface area contributed by atoms with Crippen LogP contribution in [0.5, 0.6) is 0 Å². The molecule has 0 spiro atoms. The van der Waals surface area contributed by atoms with Crippen molar-refractivity contribution in [3.05, 3.63) is 52.9 Å². The van der Waals surface area contributed by atoms with Crippen LogP contribution in [-0.4, -0.2) is 19.3 Å². The number of nitrogen functional groups attached to an aromatic ring is 1. The molecule has 3 aromatic heterocycles. The number of hydrogen-bond acceptors (Lipinski definition) is 5. The molecule has 4 aromatic rings. The quantitative estimate of drug-likeness (QED) is 0.364. The lowest BCUT2D eigenvalue weighted by molar-refractivity contribution is 0.387. The molecule has 26 heavy (non-hydrogen) atoms. The largest absolute Gasteiger partial charge is 0.460 e. The van der Waals surface area contributed by atoms with Crippen molar-refractivity contribution in [2.24, 2.45) is 0 Å². The number of aromatic nitrogens is 2. The maximum atomic E-state index is 11.9. The summed E-state index contributed by atoms with van der Waals surface area (Å²) < 4.78 is 19.2. The molecule has 0 aliphatic carbocycles. The van der Waals surface area contributed by atoms with Crippen LogP contribution in [0.25, 0.3) is 22.6 Å². The first-order chi connectivity index (χ1) is 12.4. The highest BCUT2D eigenvalue weighted by Gasteiger charge is 2.30. The lowest BCUT2D eigenvalue weighted by Crippen LogP contribution is -2.11. The third-order valence-electron chi connectivity index (χ3n) is 4.25. The first-order valence-corrected chi connectivity index (χ1v) is 10.3. The standard InChI is InChI=1S/C17H16N3O4PS/c1-10(14-6-3-9-26-14)20-12-5-2-4-11(18)15(12)19-17(20)16-13(7-8-24-16)25(21,22)23/h2-10H,18H2,1H3,(H2,21,22,23). The maximum absolute atomic E-state index is 11.9. The van der Waals surface area contributed by atoms with Crippen LogP contribution in [-0.2, 0) is 4.57 Å². The summed E-state index contributed by atoms with van der Waals surface area (Å²) in [6.45, 7) is 2.00. The van der Waals surface area contributed by atoms with Crippen LogP contribution in [0.15, 0.2) is 52.5 Å². The van der Waals surface area contributed by atoms with Gasteiger partial charge in [-0.25, -0.2) is 4.98 Å². The normalized spacial score (nSPS) is 13.3. The Morgan fingerprint density at radius 2 is 2.08 bits per heavy atom. The number of nitrogens with two attached hydrogens (primary N) is 1. The lowest BCUT2D eigenvalue weighted by atomic mass is 10.2. The maximum Gasteiger partial charge on any atom is 0.360 e. The van der Waals surface area contributed by atoms with Gasteiger partial charge >= 0.3 is 7.60 Å². The number of rotatable bonds is 4. The van der Waals surface area contributed by atoms with Crippen LogP contribution in [0.3, 0.4) is 0 Å². The van der Waals surface area contributed by atoms with Gasteiger partial charge in [0.05, 0.1) is 23.5 Å². The second kappa shape index (κ2) is 6.10. The van der Waals surface area contributed by atoms with Gasteiger partial charge in [0.15, 0.2) is 11.6 Å². The summed E-state index contributed by atoms with van der Waals surface area (Å²) >= 11 is 1.59. The van der Waals surface area contributed by atoms with Crippen LogP contribution in [0.4, 0.5) is 5.69 Å². The van der Waals surface area contributed by atoms with E-state index in [4.69, 9.17) is 10.2 Å². The fraction of sp³-hybridized carbons (Fsp3) is 0.118. The SMILES string of the molecule is CC(c1cccs1)n1c(-c2occc2P(=O)(O)O)nc2c(N)cccc21. The van der Waals surface area contributed by atoms with E-state index in [1.165, 1.54) is 12.3 Å². The van der Waals surface area contributed by atoms with Gasteiger partial charge < -0.3 is 24.5 Å². The highest BCUT2D eigenvalue weighted by molar-refractivity contribution is 7.60. The zero-order valence-electron chi connectivity index (χ0n) is 13.7. The van der Waals surface area contributed by atoms with E-state index in [1.54, 1.807) is 17.4 Å². The van der Waals surface area contributed by atoms with Gasteiger partial charge in [0.1, 0.15) is 10.8 Å². The molecule has 1 unspecified atom stereocenters. The topological polar surface area (TPSA) is 115 Å². The summed E-state index contributed by atoms with van der Waals surface area (Å²) in [6, 6.07) is 10.6. The van der Waals surface area contributed by atoms with E-state index < -0.39 is 7.60 Å². The van der Waals surface area contributed by atoms with E-state index in [0.717, 1.165) is 10.4 Å². The third-order valence-corrected chi connectivity index (χ3v) is 6.28. The van der Waals surface area contributed by atoms with E-state index >= 15 is 0 Å². The Morgan fingerprint density at radius 1 is 1.27 bits per heavy atom. The first kappa shape index (κ1) is 17.1. The molecule has 4 N–H and O–H groups in total. The van der Waals surface area contributed by atoms with Crippen molar-refractivity contribution < 1.29 is 18.8 Å². The lowest BCUT2D eigenvalue weighted by Gasteiger charge is -2.16. The van der Waals surface area contributed by atoms with Gasteiger partial charge in [-0.3, -0.25) is 4.57 Å². The van der Waals surface area contributed by atoms with Crippen LogP contribution in [0.1, 0.15) is 17.8 Å².